The highest BCUT2D eigenvalue weighted by molar-refractivity contribution is 7.16. The number of hydrogen-bond acceptors (Lipinski definition) is 5. The van der Waals surface area contributed by atoms with Crippen molar-refractivity contribution >= 4 is 28.2 Å². The Hall–Kier alpha value is -2.34. The lowest BCUT2D eigenvalue weighted by molar-refractivity contribution is 0.0602. The first-order chi connectivity index (χ1) is 10.9. The van der Waals surface area contributed by atoms with Gasteiger partial charge in [-0.1, -0.05) is 0 Å². The Morgan fingerprint density at radius 1 is 1.17 bits per heavy atom. The van der Waals surface area contributed by atoms with Gasteiger partial charge in [-0.15, -0.1) is 11.3 Å². The topological polar surface area (TPSA) is 64.6 Å². The zero-order valence-corrected chi connectivity index (χ0v) is 14.3. The lowest BCUT2D eigenvalue weighted by Gasteiger charge is -2.10. The lowest BCUT2D eigenvalue weighted by Crippen LogP contribution is -2.14. The molecule has 2 aromatic rings. The maximum atomic E-state index is 12.3. The molecule has 0 saturated heterocycles. The van der Waals surface area contributed by atoms with Crippen LogP contribution in [0.25, 0.3) is 0 Å². The maximum Gasteiger partial charge on any atom is 0.340 e. The van der Waals surface area contributed by atoms with Gasteiger partial charge in [-0.3, -0.25) is 4.79 Å². The zero-order chi connectivity index (χ0) is 17.0. The molecule has 0 fully saturated rings. The molecule has 0 aliphatic heterocycles. The van der Waals surface area contributed by atoms with Crippen LogP contribution in [0, 0.1) is 6.92 Å². The predicted molar refractivity (Wildman–Crippen MR) is 90.6 cm³/mol. The molecule has 23 heavy (non-hydrogen) atoms. The van der Waals surface area contributed by atoms with Crippen molar-refractivity contribution in [1.29, 1.82) is 0 Å². The van der Waals surface area contributed by atoms with Gasteiger partial charge in [0.15, 0.2) is 0 Å². The van der Waals surface area contributed by atoms with E-state index in [2.05, 4.69) is 5.32 Å². The van der Waals surface area contributed by atoms with Gasteiger partial charge in [0, 0.05) is 10.4 Å². The number of rotatable bonds is 5. The predicted octanol–water partition coefficient (Wildman–Crippen LogP) is 3.88. The van der Waals surface area contributed by atoms with Crippen LogP contribution in [0.4, 0.5) is 5.00 Å². The largest absolute Gasteiger partial charge is 0.491 e. The summed E-state index contributed by atoms with van der Waals surface area (Å²) in [7, 11) is 1.31. The fourth-order valence-corrected chi connectivity index (χ4v) is 2.90. The van der Waals surface area contributed by atoms with Gasteiger partial charge < -0.3 is 14.8 Å². The molecule has 1 amide bonds. The van der Waals surface area contributed by atoms with Gasteiger partial charge >= 0.3 is 5.97 Å². The number of anilines is 1. The molecule has 2 rings (SSSR count). The highest BCUT2D eigenvalue weighted by Crippen LogP contribution is 2.28. The number of carbonyl (C=O) groups excluding carboxylic acids is 2. The first kappa shape index (κ1) is 17.0. The van der Waals surface area contributed by atoms with Crippen molar-refractivity contribution in [3.05, 3.63) is 46.3 Å². The third-order valence-corrected chi connectivity index (χ3v) is 3.94. The Kier molecular flexibility index (Phi) is 5.39. The van der Waals surface area contributed by atoms with E-state index in [4.69, 9.17) is 9.47 Å². The quantitative estimate of drug-likeness (QED) is 0.843. The third-order valence-electron chi connectivity index (χ3n) is 2.98. The van der Waals surface area contributed by atoms with E-state index in [9.17, 15) is 9.59 Å². The summed E-state index contributed by atoms with van der Waals surface area (Å²) in [6.07, 6.45) is 0.0754. The summed E-state index contributed by atoms with van der Waals surface area (Å²) in [5.74, 6) is -0.0443. The van der Waals surface area contributed by atoms with Crippen LogP contribution in [0.2, 0.25) is 0 Å². The molecule has 0 saturated carbocycles. The van der Waals surface area contributed by atoms with Crippen molar-refractivity contribution in [2.24, 2.45) is 0 Å². The number of thiophene rings is 1. The average molecular weight is 333 g/mol. The Bertz CT molecular complexity index is 704. The first-order valence-corrected chi connectivity index (χ1v) is 7.99. The van der Waals surface area contributed by atoms with Gasteiger partial charge in [0.05, 0.1) is 18.8 Å². The second-order valence-electron chi connectivity index (χ2n) is 5.24. The molecule has 0 radical (unpaired) electrons. The second-order valence-corrected chi connectivity index (χ2v) is 6.49. The van der Waals surface area contributed by atoms with E-state index in [0.717, 1.165) is 4.88 Å². The molecular formula is C17H19NO4S. The molecule has 122 valence electrons. The van der Waals surface area contributed by atoms with Gasteiger partial charge in [-0.25, -0.2) is 4.79 Å². The van der Waals surface area contributed by atoms with Crippen LogP contribution in [0.3, 0.4) is 0 Å². The fraction of sp³-hybridized carbons (Fsp3) is 0.294. The van der Waals surface area contributed by atoms with E-state index >= 15 is 0 Å². The Morgan fingerprint density at radius 2 is 1.83 bits per heavy atom. The lowest BCUT2D eigenvalue weighted by atomic mass is 10.2. The minimum atomic E-state index is -0.467. The highest BCUT2D eigenvalue weighted by Gasteiger charge is 2.18. The van der Waals surface area contributed by atoms with E-state index in [-0.39, 0.29) is 12.0 Å². The van der Waals surface area contributed by atoms with Gasteiger partial charge in [0.1, 0.15) is 10.8 Å². The first-order valence-electron chi connectivity index (χ1n) is 7.17. The maximum absolute atomic E-state index is 12.3. The summed E-state index contributed by atoms with van der Waals surface area (Å²) in [4.78, 5) is 25.0. The number of benzene rings is 1. The molecule has 1 aromatic heterocycles. The zero-order valence-electron chi connectivity index (χ0n) is 13.5. The smallest absolute Gasteiger partial charge is 0.340 e. The van der Waals surface area contributed by atoms with Crippen molar-refractivity contribution < 1.29 is 19.1 Å². The number of nitrogens with one attached hydrogen (secondary N) is 1. The number of amides is 1. The van der Waals surface area contributed by atoms with Crippen LogP contribution >= 0.6 is 11.3 Å². The van der Waals surface area contributed by atoms with Crippen molar-refractivity contribution in [1.82, 2.24) is 0 Å². The second kappa shape index (κ2) is 7.28. The van der Waals surface area contributed by atoms with Crippen LogP contribution < -0.4 is 10.1 Å². The summed E-state index contributed by atoms with van der Waals surface area (Å²) in [6, 6.07) is 8.56. The third kappa shape index (κ3) is 4.32. The summed E-state index contributed by atoms with van der Waals surface area (Å²) >= 11 is 1.34. The summed E-state index contributed by atoms with van der Waals surface area (Å²) in [6.45, 7) is 5.74. The van der Waals surface area contributed by atoms with Gasteiger partial charge in [-0.2, -0.15) is 0 Å². The van der Waals surface area contributed by atoms with E-state index < -0.39 is 5.97 Å². The molecule has 1 aromatic carbocycles. The normalized spacial score (nSPS) is 10.5. The number of ether oxygens (including phenoxy) is 2. The Morgan fingerprint density at radius 3 is 2.39 bits per heavy atom. The van der Waals surface area contributed by atoms with Crippen molar-refractivity contribution in [2.45, 2.75) is 26.9 Å². The van der Waals surface area contributed by atoms with E-state index in [1.165, 1.54) is 18.4 Å². The molecule has 1 heterocycles. The van der Waals surface area contributed by atoms with E-state index in [1.54, 1.807) is 30.3 Å². The van der Waals surface area contributed by atoms with Crippen LogP contribution in [-0.2, 0) is 4.74 Å². The average Bonchev–Trinajstić information content (AvgIpc) is 2.87. The summed E-state index contributed by atoms with van der Waals surface area (Å²) < 4.78 is 10.3. The number of hydrogen-bond donors (Lipinski definition) is 1. The summed E-state index contributed by atoms with van der Waals surface area (Å²) in [5, 5.41) is 3.25. The van der Waals surface area contributed by atoms with Crippen LogP contribution in [0.5, 0.6) is 5.75 Å². The number of methoxy groups -OCH3 is 1. The molecule has 6 heteroatoms. The molecule has 1 N–H and O–H groups in total. The number of aryl methyl sites for hydroxylation is 1. The molecule has 0 spiro atoms. The van der Waals surface area contributed by atoms with Crippen LogP contribution in [0.1, 0.15) is 39.4 Å². The van der Waals surface area contributed by atoms with Crippen molar-refractivity contribution in [3.63, 3.8) is 0 Å². The van der Waals surface area contributed by atoms with E-state index in [1.807, 2.05) is 20.8 Å². The molecule has 0 aliphatic carbocycles. The molecule has 5 nitrogen and oxygen atoms in total. The van der Waals surface area contributed by atoms with Gasteiger partial charge in [0.25, 0.3) is 5.91 Å². The van der Waals surface area contributed by atoms with E-state index in [0.29, 0.717) is 21.9 Å². The molecule has 0 bridgehead atoms. The SMILES string of the molecule is COC(=O)c1cc(C)sc1NC(=O)c1ccc(OC(C)C)cc1. The minimum absolute atomic E-state index is 0.0754. The Labute approximate surface area is 139 Å². The summed E-state index contributed by atoms with van der Waals surface area (Å²) in [5.41, 5.74) is 0.853. The minimum Gasteiger partial charge on any atom is -0.491 e. The standard InChI is InChI=1S/C17H19NO4S/c1-10(2)22-13-7-5-12(6-8-13)15(19)18-16-14(17(20)21-4)9-11(3)23-16/h5-10H,1-4H3,(H,18,19). The molecule has 0 unspecified atom stereocenters. The fourth-order valence-electron chi connectivity index (χ4n) is 2.00. The van der Waals surface area contributed by atoms with Crippen LogP contribution in [-0.4, -0.2) is 25.1 Å². The molecule has 0 atom stereocenters. The highest BCUT2D eigenvalue weighted by atomic mass is 32.1. The molecular weight excluding hydrogens is 314 g/mol. The van der Waals surface area contributed by atoms with Crippen molar-refractivity contribution in [2.75, 3.05) is 12.4 Å². The van der Waals surface area contributed by atoms with Gasteiger partial charge in [0.2, 0.25) is 0 Å². The Balaban J connectivity index is 2.14. The van der Waals surface area contributed by atoms with Crippen LogP contribution in [0.15, 0.2) is 30.3 Å². The number of esters is 1. The molecule has 0 aliphatic rings. The number of carbonyl (C=O) groups is 2. The monoisotopic (exact) mass is 333 g/mol. The van der Waals surface area contributed by atoms with Crippen molar-refractivity contribution in [3.8, 4) is 5.75 Å². The van der Waals surface area contributed by atoms with Gasteiger partial charge in [-0.05, 0) is 51.1 Å².